The van der Waals surface area contributed by atoms with E-state index in [1.54, 1.807) is 11.7 Å². The van der Waals surface area contributed by atoms with E-state index in [0.29, 0.717) is 42.0 Å². The zero-order chi connectivity index (χ0) is 31.7. The van der Waals surface area contributed by atoms with Crippen LogP contribution in [-0.4, -0.2) is 30.2 Å². The Hall–Kier alpha value is -4.84. The van der Waals surface area contributed by atoms with Crippen LogP contribution in [0.15, 0.2) is 103 Å². The number of carbonyl (C=O) groups excluding carboxylic acids is 2. The van der Waals surface area contributed by atoms with Gasteiger partial charge in [-0.2, -0.15) is 0 Å². The molecule has 0 saturated carbocycles. The number of hydrogen-bond donors (Lipinski definition) is 0. The highest BCUT2D eigenvalue weighted by Crippen LogP contribution is 2.44. The van der Waals surface area contributed by atoms with Gasteiger partial charge in [0.05, 0.1) is 25.2 Å². The van der Waals surface area contributed by atoms with E-state index in [0.717, 1.165) is 60.7 Å². The van der Waals surface area contributed by atoms with Crippen LogP contribution in [0.3, 0.4) is 0 Å². The number of unbranched alkanes of at least 4 members (excludes halogenated alkanes) is 3. The minimum Gasteiger partial charge on any atom is -0.493 e. The Morgan fingerprint density at radius 3 is 2.17 bits per heavy atom. The van der Waals surface area contributed by atoms with Crippen LogP contribution in [-0.2, 0) is 29.0 Å². The molecule has 0 fully saturated rings. The second kappa shape index (κ2) is 15.0. The molecule has 0 spiro atoms. The van der Waals surface area contributed by atoms with Gasteiger partial charge in [0.1, 0.15) is 6.61 Å². The van der Waals surface area contributed by atoms with E-state index < -0.39 is 5.92 Å². The Balaban J connectivity index is 1.26. The molecule has 236 valence electrons. The zero-order valence-electron chi connectivity index (χ0n) is 26.5. The van der Waals surface area contributed by atoms with E-state index >= 15 is 0 Å². The summed E-state index contributed by atoms with van der Waals surface area (Å²) in [6.45, 7) is 0.766. The molecule has 0 N–H and O–H groups in total. The average molecular weight is 616 g/mol. The molecule has 6 nitrogen and oxygen atoms in total. The molecule has 1 heterocycles. The number of esters is 1. The van der Waals surface area contributed by atoms with Crippen LogP contribution in [0.5, 0.6) is 11.5 Å². The van der Waals surface area contributed by atoms with E-state index in [2.05, 4.69) is 30.3 Å². The molecule has 1 atom stereocenters. The fourth-order valence-electron chi connectivity index (χ4n) is 6.52. The van der Waals surface area contributed by atoms with Crippen molar-refractivity contribution in [1.29, 1.82) is 0 Å². The Bertz CT molecular complexity index is 1760. The van der Waals surface area contributed by atoms with Crippen molar-refractivity contribution in [3.8, 4) is 11.5 Å². The van der Waals surface area contributed by atoms with Crippen LogP contribution in [0, 0.1) is 0 Å². The topological polar surface area (TPSA) is 66.8 Å². The molecular formula is C40H41NO5. The number of rotatable bonds is 13. The Morgan fingerprint density at radius 2 is 1.46 bits per heavy atom. The normalized spacial score (nSPS) is 14.1. The number of nitrogens with zero attached hydrogens (tertiary/aromatic N) is 1. The molecule has 6 rings (SSSR count). The molecule has 1 aliphatic rings. The first kappa shape index (κ1) is 31.2. The third-order valence-electron chi connectivity index (χ3n) is 8.84. The zero-order valence-corrected chi connectivity index (χ0v) is 26.5. The van der Waals surface area contributed by atoms with Crippen molar-refractivity contribution in [1.82, 2.24) is 4.57 Å². The summed E-state index contributed by atoms with van der Waals surface area (Å²) in [5.74, 6) is 0.303. The van der Waals surface area contributed by atoms with Crippen molar-refractivity contribution in [2.24, 2.45) is 0 Å². The number of hydrogen-bond acceptors (Lipinski definition) is 5. The molecule has 0 aliphatic heterocycles. The molecule has 46 heavy (non-hydrogen) atoms. The maximum absolute atomic E-state index is 14.0. The molecule has 1 aromatic heterocycles. The lowest BCUT2D eigenvalue weighted by Crippen LogP contribution is -2.23. The van der Waals surface area contributed by atoms with E-state index in [9.17, 15) is 9.59 Å². The fourth-order valence-corrected chi connectivity index (χ4v) is 6.52. The SMILES string of the molecule is COc1cc2c(cc1OCCCCCCc1ccccc1)c1c(n2C(=O)c2ccccc2)CCCC1C(=O)OCc1ccccc1. The summed E-state index contributed by atoms with van der Waals surface area (Å²) in [5.41, 5.74) is 5.33. The van der Waals surface area contributed by atoms with Crippen molar-refractivity contribution >= 4 is 22.8 Å². The molecule has 0 radical (unpaired) electrons. The predicted octanol–water partition coefficient (Wildman–Crippen LogP) is 8.68. The molecule has 0 saturated heterocycles. The van der Waals surface area contributed by atoms with E-state index in [1.807, 2.05) is 72.8 Å². The number of methoxy groups -OCH3 is 1. The van der Waals surface area contributed by atoms with Crippen molar-refractivity contribution in [3.63, 3.8) is 0 Å². The number of fused-ring (bicyclic) bond motifs is 3. The van der Waals surface area contributed by atoms with Gasteiger partial charge in [0, 0.05) is 22.7 Å². The first-order valence-corrected chi connectivity index (χ1v) is 16.4. The van der Waals surface area contributed by atoms with Gasteiger partial charge in [0.25, 0.3) is 5.91 Å². The summed E-state index contributed by atoms with van der Waals surface area (Å²) in [7, 11) is 1.62. The summed E-state index contributed by atoms with van der Waals surface area (Å²) in [6, 6.07) is 33.4. The van der Waals surface area contributed by atoms with Crippen LogP contribution >= 0.6 is 0 Å². The molecule has 1 unspecified atom stereocenters. The fraction of sp³-hybridized carbons (Fsp3) is 0.300. The van der Waals surface area contributed by atoms with Crippen LogP contribution in [0.4, 0.5) is 0 Å². The predicted molar refractivity (Wildman–Crippen MR) is 181 cm³/mol. The Kier molecular flexibility index (Phi) is 10.1. The van der Waals surface area contributed by atoms with Crippen molar-refractivity contribution < 1.29 is 23.8 Å². The number of benzene rings is 4. The monoisotopic (exact) mass is 615 g/mol. The Morgan fingerprint density at radius 1 is 0.783 bits per heavy atom. The number of ether oxygens (including phenoxy) is 3. The largest absolute Gasteiger partial charge is 0.493 e. The molecule has 0 amide bonds. The van der Waals surface area contributed by atoms with Crippen molar-refractivity contribution in [2.75, 3.05) is 13.7 Å². The lowest BCUT2D eigenvalue weighted by molar-refractivity contribution is -0.147. The molecule has 4 aromatic carbocycles. The summed E-state index contributed by atoms with van der Waals surface area (Å²) in [5, 5.41) is 0.833. The molecule has 5 aromatic rings. The van der Waals surface area contributed by atoms with Crippen LogP contribution in [0.2, 0.25) is 0 Å². The van der Waals surface area contributed by atoms with E-state index in [-0.39, 0.29) is 18.5 Å². The summed E-state index contributed by atoms with van der Waals surface area (Å²) in [6.07, 6.45) is 7.50. The van der Waals surface area contributed by atoms with E-state index in [1.165, 1.54) is 5.56 Å². The maximum atomic E-state index is 14.0. The van der Waals surface area contributed by atoms with Gasteiger partial charge in [-0.1, -0.05) is 91.7 Å². The highest BCUT2D eigenvalue weighted by molar-refractivity contribution is 6.06. The van der Waals surface area contributed by atoms with Gasteiger partial charge >= 0.3 is 5.97 Å². The third-order valence-corrected chi connectivity index (χ3v) is 8.84. The highest BCUT2D eigenvalue weighted by Gasteiger charge is 2.35. The highest BCUT2D eigenvalue weighted by atomic mass is 16.5. The van der Waals surface area contributed by atoms with Crippen molar-refractivity contribution in [3.05, 3.63) is 131 Å². The number of carbonyl (C=O) groups is 2. The minimum absolute atomic E-state index is 0.128. The van der Waals surface area contributed by atoms with Crippen molar-refractivity contribution in [2.45, 2.75) is 63.9 Å². The van der Waals surface area contributed by atoms with Gasteiger partial charge in [-0.05, 0) is 73.4 Å². The molecule has 1 aliphatic carbocycles. The minimum atomic E-state index is -0.481. The number of aromatic nitrogens is 1. The van der Waals surface area contributed by atoms with Crippen LogP contribution < -0.4 is 9.47 Å². The van der Waals surface area contributed by atoms with E-state index in [4.69, 9.17) is 14.2 Å². The van der Waals surface area contributed by atoms with Gasteiger partial charge in [0.2, 0.25) is 0 Å². The second-order valence-electron chi connectivity index (χ2n) is 11.9. The van der Waals surface area contributed by atoms with Crippen LogP contribution in [0.25, 0.3) is 10.9 Å². The molecule has 0 bridgehead atoms. The standard InChI is InChI=1S/C40H41NO5/c1-44-36-27-35-33(26-37(36)45-25-14-3-2-7-16-29-17-8-4-9-18-29)38-32(40(43)46-28-30-19-10-5-11-20-30)23-15-24-34(38)41(35)39(42)31-21-12-6-13-22-31/h4-6,8-13,17-22,26-27,32H,2-3,7,14-16,23-25,28H2,1H3. The summed E-state index contributed by atoms with van der Waals surface area (Å²) < 4.78 is 19.7. The van der Waals surface area contributed by atoms with Gasteiger partial charge in [-0.15, -0.1) is 0 Å². The first-order valence-electron chi connectivity index (χ1n) is 16.4. The first-order chi connectivity index (χ1) is 22.6. The Labute approximate surface area is 270 Å². The third kappa shape index (κ3) is 7.02. The quantitative estimate of drug-likeness (QED) is 0.0979. The molecular weight excluding hydrogens is 574 g/mol. The maximum Gasteiger partial charge on any atom is 0.313 e. The molecule has 6 heteroatoms. The average Bonchev–Trinajstić information content (AvgIpc) is 3.44. The van der Waals surface area contributed by atoms with Gasteiger partial charge in [-0.25, -0.2) is 0 Å². The lowest BCUT2D eigenvalue weighted by Gasteiger charge is -2.23. The van der Waals surface area contributed by atoms with Gasteiger partial charge in [0.15, 0.2) is 11.5 Å². The van der Waals surface area contributed by atoms with Crippen LogP contribution in [0.1, 0.15) is 77.2 Å². The van der Waals surface area contributed by atoms with Gasteiger partial charge < -0.3 is 14.2 Å². The summed E-state index contributed by atoms with van der Waals surface area (Å²) >= 11 is 0. The second-order valence-corrected chi connectivity index (χ2v) is 11.9. The number of aryl methyl sites for hydroxylation is 1. The smallest absolute Gasteiger partial charge is 0.313 e. The lowest BCUT2D eigenvalue weighted by atomic mass is 9.85. The summed E-state index contributed by atoms with van der Waals surface area (Å²) in [4.78, 5) is 27.7. The van der Waals surface area contributed by atoms with Gasteiger partial charge in [-0.3, -0.25) is 14.2 Å².